The van der Waals surface area contributed by atoms with Crippen LogP contribution < -0.4 is 20.1 Å². The van der Waals surface area contributed by atoms with Crippen molar-refractivity contribution >= 4 is 45.3 Å². The number of carboxylic acid groups (broad SMARTS) is 1. The van der Waals surface area contributed by atoms with Crippen LogP contribution in [0.5, 0.6) is 11.5 Å². The molecule has 2 atom stereocenters. The van der Waals surface area contributed by atoms with Gasteiger partial charge in [0.25, 0.3) is 5.91 Å². The minimum Gasteiger partial charge on any atom is -0.496 e. The van der Waals surface area contributed by atoms with Crippen molar-refractivity contribution in [3.8, 4) is 33.8 Å². The van der Waals surface area contributed by atoms with E-state index in [1.54, 1.807) is 57.7 Å². The van der Waals surface area contributed by atoms with Gasteiger partial charge in [-0.05, 0) is 100 Å². The van der Waals surface area contributed by atoms with Gasteiger partial charge in [0.05, 0.1) is 37.4 Å². The molecular weight excluding hydrogens is 879 g/mol. The summed E-state index contributed by atoms with van der Waals surface area (Å²) in [6.45, 7) is 12.3. The number of aromatic carboxylic acids is 1. The molecule has 0 aliphatic carbocycles. The van der Waals surface area contributed by atoms with E-state index in [4.69, 9.17) is 19.6 Å². The number of nitrogens with zero attached hydrogens (tertiary/aromatic N) is 5. The molecular formula is C57H65N7O6. The number of amides is 1. The molecule has 0 spiro atoms. The first-order valence-electron chi connectivity index (χ1n) is 22.4. The number of carbonyl (C=O) groups is 2. The van der Waals surface area contributed by atoms with Crippen LogP contribution in [0.3, 0.4) is 0 Å². The maximum Gasteiger partial charge on any atom is 0.335 e. The van der Waals surface area contributed by atoms with Crippen LogP contribution >= 0.6 is 0 Å². The fourth-order valence-corrected chi connectivity index (χ4v) is 8.07. The fourth-order valence-electron chi connectivity index (χ4n) is 8.07. The quantitative estimate of drug-likeness (QED) is 0.0814. The summed E-state index contributed by atoms with van der Waals surface area (Å²) in [5.74, 6) is 3.10. The van der Waals surface area contributed by atoms with Crippen LogP contribution in [0.15, 0.2) is 121 Å². The van der Waals surface area contributed by atoms with E-state index >= 15 is 0 Å². The van der Waals surface area contributed by atoms with Crippen LogP contribution in [0.4, 0.5) is 11.6 Å². The average molecular weight is 944 g/mol. The van der Waals surface area contributed by atoms with E-state index in [2.05, 4.69) is 102 Å². The second-order valence-electron chi connectivity index (χ2n) is 16.8. The Morgan fingerprint density at radius 2 is 1.01 bits per heavy atom. The van der Waals surface area contributed by atoms with Gasteiger partial charge in [-0.15, -0.1) is 0 Å². The summed E-state index contributed by atoms with van der Waals surface area (Å²) < 4.78 is 11.3. The number of aliphatic hydroxyl groups is 1. The SMILES string of the molecule is C.C.COc1cc2nc(C)nc(N[C@H](C)c3cccc(C)c3)c2cc1-c1ccc(C(=O)N(C)CCO)cc1.COc1cc2nc(C)nc(N[C@H](C)c3cccc(C)c3)c2cc1-c1ccc(C(=O)O)cc1. The van der Waals surface area contributed by atoms with Crippen molar-refractivity contribution in [2.45, 2.75) is 68.5 Å². The lowest BCUT2D eigenvalue weighted by molar-refractivity contribution is 0.0696. The van der Waals surface area contributed by atoms with E-state index in [9.17, 15) is 14.7 Å². The van der Waals surface area contributed by atoms with Crippen molar-refractivity contribution in [1.82, 2.24) is 24.8 Å². The lowest BCUT2D eigenvalue weighted by Crippen LogP contribution is -2.29. The number of hydrogen-bond acceptors (Lipinski definition) is 11. The number of hydrogen-bond donors (Lipinski definition) is 4. The number of aliphatic hydroxyl groups excluding tert-OH is 1. The largest absolute Gasteiger partial charge is 0.496 e. The molecule has 0 bridgehead atoms. The number of carbonyl (C=O) groups excluding carboxylic acids is 1. The van der Waals surface area contributed by atoms with Crippen LogP contribution in [0, 0.1) is 27.7 Å². The summed E-state index contributed by atoms with van der Waals surface area (Å²) in [5, 5.41) is 27.2. The van der Waals surface area contributed by atoms with Gasteiger partial charge in [0, 0.05) is 65.3 Å². The number of aryl methyl sites for hydroxylation is 4. The minimum absolute atomic E-state index is 0. The topological polar surface area (TPSA) is 172 Å². The van der Waals surface area contributed by atoms with E-state index in [1.807, 2.05) is 50.2 Å². The molecule has 13 nitrogen and oxygen atoms in total. The Kier molecular flexibility index (Phi) is 17.7. The third-order valence-electron chi connectivity index (χ3n) is 11.7. The zero-order valence-corrected chi connectivity index (χ0v) is 39.9. The average Bonchev–Trinajstić information content (AvgIpc) is 3.33. The van der Waals surface area contributed by atoms with Crippen molar-refractivity contribution in [2.24, 2.45) is 0 Å². The van der Waals surface area contributed by atoms with E-state index in [0.717, 1.165) is 55.7 Å². The Morgan fingerprint density at radius 1 is 0.600 bits per heavy atom. The number of likely N-dealkylation sites (N-methyl/N-ethyl adjacent to an activating group) is 1. The molecule has 0 aliphatic heterocycles. The Morgan fingerprint density at radius 3 is 1.39 bits per heavy atom. The first kappa shape index (κ1) is 53.1. The standard InChI is InChI=1S/C29H32N4O3.C26H25N3O3.2CH4/c1-18-7-6-8-23(15-18)19(2)30-28-25-16-24(27(36-5)17-26(25)31-20(3)32-28)21-9-11-22(12-10-21)29(35)33(4)13-14-34;1-15-6-5-7-20(12-15)16(2)27-25-22-13-21(18-8-10-19(11-9-18)26(30)31)24(32-4)14-23(22)28-17(3)29-25;;/h6-12,15-17,19,34H,13-14H2,1-5H3,(H,30,31,32);5-14,16H,1-4H3,(H,30,31)(H,27,28,29);2*1H4/t19-;16-;;/m11../s1. The number of fused-ring (bicyclic) bond motifs is 2. The molecule has 4 N–H and O–H groups in total. The first-order chi connectivity index (χ1) is 32.6. The number of methoxy groups -OCH3 is 2. The van der Waals surface area contributed by atoms with E-state index in [0.29, 0.717) is 28.7 Å². The third-order valence-corrected chi connectivity index (χ3v) is 11.7. The minimum atomic E-state index is -0.956. The molecule has 0 radical (unpaired) electrons. The van der Waals surface area contributed by atoms with Crippen molar-refractivity contribution in [1.29, 1.82) is 0 Å². The van der Waals surface area contributed by atoms with Gasteiger partial charge in [-0.3, -0.25) is 4.79 Å². The number of rotatable bonds is 14. The van der Waals surface area contributed by atoms with Crippen molar-refractivity contribution in [3.63, 3.8) is 0 Å². The van der Waals surface area contributed by atoms with Gasteiger partial charge in [0.2, 0.25) is 0 Å². The summed E-state index contributed by atoms with van der Waals surface area (Å²) in [7, 11) is 4.93. The van der Waals surface area contributed by atoms with Crippen LogP contribution in [0.25, 0.3) is 44.1 Å². The lowest BCUT2D eigenvalue weighted by Gasteiger charge is -2.19. The van der Waals surface area contributed by atoms with Crippen molar-refractivity contribution in [3.05, 3.63) is 166 Å². The highest BCUT2D eigenvalue weighted by Crippen LogP contribution is 2.38. The Hall–Kier alpha value is -7.90. The molecule has 6 aromatic carbocycles. The number of anilines is 2. The summed E-state index contributed by atoms with van der Waals surface area (Å²) in [4.78, 5) is 43.9. The molecule has 8 aromatic rings. The van der Waals surface area contributed by atoms with E-state index in [1.165, 1.54) is 27.2 Å². The summed E-state index contributed by atoms with van der Waals surface area (Å²) in [5.41, 5.74) is 10.6. The van der Waals surface area contributed by atoms with Crippen LogP contribution in [-0.4, -0.2) is 81.3 Å². The van der Waals surface area contributed by atoms with Gasteiger partial charge in [-0.2, -0.15) is 0 Å². The Bertz CT molecular complexity index is 3100. The number of nitrogens with one attached hydrogen (secondary N) is 2. The van der Waals surface area contributed by atoms with Gasteiger partial charge in [-0.1, -0.05) is 98.8 Å². The summed E-state index contributed by atoms with van der Waals surface area (Å²) in [6.07, 6.45) is 0. The number of carboxylic acids is 1. The molecule has 70 heavy (non-hydrogen) atoms. The Labute approximate surface area is 411 Å². The van der Waals surface area contributed by atoms with Crippen LogP contribution in [-0.2, 0) is 0 Å². The molecule has 0 unspecified atom stereocenters. The van der Waals surface area contributed by atoms with Gasteiger partial charge in [0.15, 0.2) is 0 Å². The highest BCUT2D eigenvalue weighted by Gasteiger charge is 2.19. The van der Waals surface area contributed by atoms with Gasteiger partial charge < -0.3 is 35.2 Å². The molecule has 2 aromatic heterocycles. The molecule has 13 heteroatoms. The smallest absolute Gasteiger partial charge is 0.335 e. The molecule has 2 heterocycles. The molecule has 1 amide bonds. The normalized spacial score (nSPS) is 11.5. The molecule has 8 rings (SSSR count). The highest BCUT2D eigenvalue weighted by molar-refractivity contribution is 5.98. The number of aromatic nitrogens is 4. The molecule has 0 aliphatic rings. The van der Waals surface area contributed by atoms with Gasteiger partial charge >= 0.3 is 5.97 Å². The van der Waals surface area contributed by atoms with E-state index in [-0.39, 0.29) is 51.6 Å². The van der Waals surface area contributed by atoms with Crippen molar-refractivity contribution in [2.75, 3.05) is 45.1 Å². The van der Waals surface area contributed by atoms with Gasteiger partial charge in [-0.25, -0.2) is 24.7 Å². The number of ether oxygens (including phenoxy) is 2. The molecule has 364 valence electrons. The van der Waals surface area contributed by atoms with Gasteiger partial charge in [0.1, 0.15) is 34.8 Å². The second-order valence-corrected chi connectivity index (χ2v) is 16.8. The lowest BCUT2D eigenvalue weighted by atomic mass is 10.00. The maximum atomic E-state index is 12.6. The molecule has 0 saturated heterocycles. The third kappa shape index (κ3) is 12.2. The summed E-state index contributed by atoms with van der Waals surface area (Å²) in [6, 6.07) is 38.9. The second kappa shape index (κ2) is 23.4. The predicted octanol–water partition coefficient (Wildman–Crippen LogP) is 12.2. The predicted molar refractivity (Wildman–Crippen MR) is 283 cm³/mol. The highest BCUT2D eigenvalue weighted by atomic mass is 16.5. The summed E-state index contributed by atoms with van der Waals surface area (Å²) >= 11 is 0. The zero-order chi connectivity index (χ0) is 48.6. The molecule has 0 fully saturated rings. The van der Waals surface area contributed by atoms with Crippen LogP contribution in [0.2, 0.25) is 0 Å². The maximum absolute atomic E-state index is 12.6. The zero-order valence-electron chi connectivity index (χ0n) is 39.9. The Balaban J connectivity index is 0.000000255. The number of benzene rings is 6. The monoisotopic (exact) mass is 943 g/mol. The van der Waals surface area contributed by atoms with Crippen molar-refractivity contribution < 1.29 is 29.3 Å². The van der Waals surface area contributed by atoms with E-state index < -0.39 is 5.97 Å². The molecule has 0 saturated carbocycles. The first-order valence-corrected chi connectivity index (χ1v) is 22.4. The van der Waals surface area contributed by atoms with Crippen LogP contribution in [0.1, 0.15) is 95.4 Å². The fraction of sp³-hybridized carbons (Fsp3) is 0.263.